The molecule has 0 aliphatic carbocycles. The predicted molar refractivity (Wildman–Crippen MR) is 366 cm³/mol. The molecule has 8 unspecified atom stereocenters. The molecule has 0 radical (unpaired) electrons. The van der Waals surface area contributed by atoms with Crippen molar-refractivity contribution in [1.82, 2.24) is 5.32 Å². The van der Waals surface area contributed by atoms with Gasteiger partial charge in [0, 0.05) is 6.42 Å². The van der Waals surface area contributed by atoms with Gasteiger partial charge in [0.2, 0.25) is 5.91 Å². The number of nitrogens with one attached hydrogen (secondary N) is 1. The van der Waals surface area contributed by atoms with Crippen LogP contribution in [0.5, 0.6) is 0 Å². The van der Waals surface area contributed by atoms with Crippen molar-refractivity contribution in [3.05, 3.63) is 60.8 Å². The Balaban J connectivity index is 2.52. The zero-order chi connectivity index (χ0) is 63.1. The SMILES string of the molecule is CCCCC/C=C\C/C=C\C/C=C\CCCCCCCCCCCC(O)C(=O)NC(COC1OC(CO)C(O)C(O)C1OC(=O)CCCCCCCCCCCCCCCCC/C=C/CCCCCCCC)C(O)/C=C/CCCCCCCCCCC. The number of unbranched alkanes of at least 4 members (excludes halogenated alkanes) is 42. The molecule has 1 aliphatic heterocycles. The van der Waals surface area contributed by atoms with Gasteiger partial charge in [0.15, 0.2) is 12.4 Å². The lowest BCUT2D eigenvalue weighted by Crippen LogP contribution is -2.61. The maximum absolute atomic E-state index is 13.5. The molecule has 1 rings (SSSR count). The Labute approximate surface area is 535 Å². The lowest BCUT2D eigenvalue weighted by atomic mass is 9.99. The van der Waals surface area contributed by atoms with Crippen molar-refractivity contribution >= 4 is 11.9 Å². The highest BCUT2D eigenvalue weighted by molar-refractivity contribution is 5.80. The Morgan fingerprint density at radius 3 is 1.22 bits per heavy atom. The van der Waals surface area contributed by atoms with E-state index >= 15 is 0 Å². The number of rotatable bonds is 64. The van der Waals surface area contributed by atoms with Crippen LogP contribution in [0.15, 0.2) is 60.8 Å². The van der Waals surface area contributed by atoms with Crippen molar-refractivity contribution in [3.63, 3.8) is 0 Å². The summed E-state index contributed by atoms with van der Waals surface area (Å²) in [5, 5.41) is 57.3. The predicted octanol–water partition coefficient (Wildman–Crippen LogP) is 19.3. The number of allylic oxidation sites excluding steroid dienone is 9. The van der Waals surface area contributed by atoms with E-state index in [1.165, 1.54) is 225 Å². The van der Waals surface area contributed by atoms with Gasteiger partial charge in [-0.2, -0.15) is 0 Å². The van der Waals surface area contributed by atoms with Crippen molar-refractivity contribution in [2.24, 2.45) is 0 Å². The summed E-state index contributed by atoms with van der Waals surface area (Å²) in [6.45, 7) is 5.80. The van der Waals surface area contributed by atoms with E-state index in [4.69, 9.17) is 14.2 Å². The first-order chi connectivity index (χ1) is 42.7. The Morgan fingerprint density at radius 1 is 0.448 bits per heavy atom. The first kappa shape index (κ1) is 82.4. The monoisotopic (exact) mass is 1230 g/mol. The molecular weight excluding hydrogens is 1090 g/mol. The largest absolute Gasteiger partial charge is 0.454 e. The summed E-state index contributed by atoms with van der Waals surface area (Å²) in [5.74, 6) is -1.19. The molecule has 1 heterocycles. The molecule has 87 heavy (non-hydrogen) atoms. The van der Waals surface area contributed by atoms with E-state index in [1.807, 2.05) is 6.08 Å². The quantitative estimate of drug-likeness (QED) is 0.0195. The van der Waals surface area contributed by atoms with Crippen LogP contribution in [0.3, 0.4) is 0 Å². The van der Waals surface area contributed by atoms with Crippen LogP contribution >= 0.6 is 0 Å². The number of aliphatic hydroxyl groups is 5. The number of hydrogen-bond donors (Lipinski definition) is 6. The summed E-state index contributed by atoms with van der Waals surface area (Å²) in [6.07, 6.45) is 71.2. The van der Waals surface area contributed by atoms with E-state index in [-0.39, 0.29) is 19.4 Å². The molecule has 508 valence electrons. The molecule has 0 aromatic rings. The number of esters is 1. The van der Waals surface area contributed by atoms with Gasteiger partial charge in [-0.05, 0) is 89.9 Å². The number of carbonyl (C=O) groups is 2. The summed E-state index contributed by atoms with van der Waals surface area (Å²) >= 11 is 0. The summed E-state index contributed by atoms with van der Waals surface area (Å²) in [7, 11) is 0. The second kappa shape index (κ2) is 63.5. The van der Waals surface area contributed by atoms with Crippen LogP contribution in [0, 0.1) is 0 Å². The lowest BCUT2D eigenvalue weighted by Gasteiger charge is -2.41. The van der Waals surface area contributed by atoms with Gasteiger partial charge in [-0.25, -0.2) is 0 Å². The van der Waals surface area contributed by atoms with Crippen LogP contribution in [0.1, 0.15) is 348 Å². The van der Waals surface area contributed by atoms with Crippen molar-refractivity contribution in [3.8, 4) is 0 Å². The minimum Gasteiger partial charge on any atom is -0.454 e. The van der Waals surface area contributed by atoms with Crippen molar-refractivity contribution in [2.75, 3.05) is 13.2 Å². The van der Waals surface area contributed by atoms with Crippen molar-refractivity contribution in [1.29, 1.82) is 0 Å². The normalized spacial score (nSPS) is 18.6. The number of hydrogen-bond acceptors (Lipinski definition) is 10. The molecule has 0 spiro atoms. The average molecular weight is 1230 g/mol. The van der Waals surface area contributed by atoms with Gasteiger partial charge < -0.3 is 45.1 Å². The van der Waals surface area contributed by atoms with E-state index < -0.39 is 67.4 Å². The fourth-order valence-electron chi connectivity index (χ4n) is 11.5. The molecule has 1 aliphatic rings. The van der Waals surface area contributed by atoms with Crippen LogP contribution in [0.2, 0.25) is 0 Å². The van der Waals surface area contributed by atoms with Gasteiger partial charge in [-0.15, -0.1) is 0 Å². The average Bonchev–Trinajstić information content (AvgIpc) is 1.30. The summed E-state index contributed by atoms with van der Waals surface area (Å²) in [4.78, 5) is 26.7. The van der Waals surface area contributed by atoms with Crippen LogP contribution in [0.25, 0.3) is 0 Å². The van der Waals surface area contributed by atoms with Gasteiger partial charge in [-0.3, -0.25) is 9.59 Å². The van der Waals surface area contributed by atoms with Crippen LogP contribution in [0.4, 0.5) is 0 Å². The molecule has 1 fully saturated rings. The molecular formula is C76H139NO10. The lowest BCUT2D eigenvalue weighted by molar-refractivity contribution is -0.305. The number of ether oxygens (including phenoxy) is 3. The van der Waals surface area contributed by atoms with Crippen LogP contribution in [-0.4, -0.2) is 99.6 Å². The highest BCUT2D eigenvalue weighted by atomic mass is 16.7. The molecule has 1 saturated heterocycles. The molecule has 8 atom stereocenters. The zero-order valence-corrected chi connectivity index (χ0v) is 56.6. The third-order valence-corrected chi connectivity index (χ3v) is 17.4. The van der Waals surface area contributed by atoms with E-state index in [1.54, 1.807) is 6.08 Å². The van der Waals surface area contributed by atoms with Gasteiger partial charge in [0.1, 0.15) is 24.4 Å². The van der Waals surface area contributed by atoms with Crippen molar-refractivity contribution < 1.29 is 49.3 Å². The number of amides is 1. The summed E-state index contributed by atoms with van der Waals surface area (Å²) in [6, 6.07) is -1.03. The fourth-order valence-corrected chi connectivity index (χ4v) is 11.5. The highest BCUT2D eigenvalue weighted by Crippen LogP contribution is 2.26. The van der Waals surface area contributed by atoms with Gasteiger partial charge >= 0.3 is 5.97 Å². The molecule has 0 aromatic carbocycles. The second-order valence-electron chi connectivity index (χ2n) is 25.7. The Morgan fingerprint density at radius 2 is 0.793 bits per heavy atom. The van der Waals surface area contributed by atoms with Crippen LogP contribution < -0.4 is 5.32 Å². The van der Waals surface area contributed by atoms with Gasteiger partial charge in [0.05, 0.1) is 25.4 Å². The maximum atomic E-state index is 13.5. The highest BCUT2D eigenvalue weighted by Gasteiger charge is 2.47. The van der Waals surface area contributed by atoms with Crippen LogP contribution in [-0.2, 0) is 23.8 Å². The first-order valence-corrected chi connectivity index (χ1v) is 37.1. The number of aliphatic hydroxyl groups excluding tert-OH is 5. The molecule has 0 bridgehead atoms. The second-order valence-corrected chi connectivity index (χ2v) is 25.7. The third-order valence-electron chi connectivity index (χ3n) is 17.4. The Bertz CT molecular complexity index is 1650. The summed E-state index contributed by atoms with van der Waals surface area (Å²) in [5.41, 5.74) is 0. The van der Waals surface area contributed by atoms with E-state index in [2.05, 4.69) is 74.7 Å². The maximum Gasteiger partial charge on any atom is 0.306 e. The van der Waals surface area contributed by atoms with Crippen molar-refractivity contribution in [2.45, 2.75) is 397 Å². The fraction of sp³-hybridized carbons (Fsp3) is 0.842. The Hall–Kier alpha value is -2.64. The minimum atomic E-state index is -1.61. The Kier molecular flexibility index (Phi) is 60.1. The molecule has 11 heteroatoms. The number of carbonyl (C=O) groups excluding carboxylic acids is 2. The van der Waals surface area contributed by atoms with Gasteiger partial charge in [0.25, 0.3) is 0 Å². The molecule has 0 aromatic heterocycles. The van der Waals surface area contributed by atoms with E-state index in [9.17, 15) is 35.1 Å². The molecule has 11 nitrogen and oxygen atoms in total. The molecule has 6 N–H and O–H groups in total. The molecule has 0 saturated carbocycles. The molecule has 1 amide bonds. The topological polar surface area (TPSA) is 175 Å². The van der Waals surface area contributed by atoms with E-state index in [0.717, 1.165) is 77.0 Å². The summed E-state index contributed by atoms with van der Waals surface area (Å²) < 4.78 is 17.7. The minimum absolute atomic E-state index is 0.125. The standard InChI is InChI=1S/C76H139NO10/c1-4-7-10-13-16-19-22-24-26-28-30-32-34-35-36-38-40-42-44-46-49-52-55-58-61-64-71(81)87-74-73(83)72(82)70(65-78)86-76(74)85-66-67(68(79)62-59-56-53-50-47-21-18-15-12-9-6-3)77-75(84)69(80)63-60-57-54-51-48-45-43-41-39-37-33-31-29-27-25-23-20-17-14-11-8-5-2/h17,20,24-27,31,33,59,62,67-70,72-74,76,78-80,82-83H,4-16,18-19,21-23,28-30,32,34-58,60-61,63-66H2,1-3H3,(H,77,84)/b20-17-,26-24+,27-25-,33-31-,62-59+. The first-order valence-electron chi connectivity index (χ1n) is 37.1. The smallest absolute Gasteiger partial charge is 0.306 e. The zero-order valence-electron chi connectivity index (χ0n) is 56.6. The van der Waals surface area contributed by atoms with Gasteiger partial charge in [-0.1, -0.05) is 313 Å². The third kappa shape index (κ3) is 50.7. The van der Waals surface area contributed by atoms with E-state index in [0.29, 0.717) is 12.8 Å².